The highest BCUT2D eigenvalue weighted by atomic mass is 16.5. The van der Waals surface area contributed by atoms with Gasteiger partial charge in [-0.15, -0.1) is 0 Å². The monoisotopic (exact) mass is 205 g/mol. The highest BCUT2D eigenvalue weighted by Crippen LogP contribution is 2.30. The van der Waals surface area contributed by atoms with Gasteiger partial charge in [0, 0.05) is 6.54 Å². The Kier molecular flexibility index (Phi) is 2.96. The second-order valence-electron chi connectivity index (χ2n) is 4.54. The fourth-order valence-corrected chi connectivity index (χ4v) is 1.75. The van der Waals surface area contributed by atoms with Crippen LogP contribution in [0.15, 0.2) is 18.2 Å². The van der Waals surface area contributed by atoms with Gasteiger partial charge in [-0.05, 0) is 42.0 Å². The Morgan fingerprint density at radius 2 is 2.13 bits per heavy atom. The summed E-state index contributed by atoms with van der Waals surface area (Å²) in [5, 5.41) is 0. The molecule has 0 bridgehead atoms. The zero-order valence-corrected chi connectivity index (χ0v) is 9.49. The number of hydrogen-bond donors (Lipinski definition) is 1. The first-order valence-electron chi connectivity index (χ1n) is 5.70. The zero-order valence-electron chi connectivity index (χ0n) is 9.49. The van der Waals surface area contributed by atoms with E-state index in [1.807, 2.05) is 6.07 Å². The quantitative estimate of drug-likeness (QED) is 0.820. The van der Waals surface area contributed by atoms with Crippen LogP contribution in [-0.4, -0.2) is 6.10 Å². The van der Waals surface area contributed by atoms with Gasteiger partial charge in [-0.25, -0.2) is 0 Å². The summed E-state index contributed by atoms with van der Waals surface area (Å²) in [5.74, 6) is 1.50. The van der Waals surface area contributed by atoms with Crippen molar-refractivity contribution in [3.8, 4) is 5.75 Å². The van der Waals surface area contributed by atoms with E-state index in [-0.39, 0.29) is 0 Å². The molecular weight excluding hydrogens is 186 g/mol. The highest BCUT2D eigenvalue weighted by molar-refractivity contribution is 5.37. The minimum Gasteiger partial charge on any atom is -0.490 e. The molecule has 2 rings (SSSR count). The van der Waals surface area contributed by atoms with E-state index in [0.717, 1.165) is 5.75 Å². The lowest BCUT2D eigenvalue weighted by molar-refractivity contribution is 0.302. The van der Waals surface area contributed by atoms with Crippen molar-refractivity contribution in [3.05, 3.63) is 29.3 Å². The standard InChI is InChI=1S/C13H19NO/c1-9(2)13-7-12(15-11-5-6-11)4-3-10(13)8-14/h3-4,7,9,11H,5-6,8,14H2,1-2H3. The molecule has 1 fully saturated rings. The van der Waals surface area contributed by atoms with E-state index in [2.05, 4.69) is 26.0 Å². The number of ether oxygens (including phenoxy) is 1. The molecule has 1 saturated carbocycles. The van der Waals surface area contributed by atoms with Gasteiger partial charge in [0.15, 0.2) is 0 Å². The molecule has 82 valence electrons. The average Bonchev–Trinajstić information content (AvgIpc) is 3.01. The van der Waals surface area contributed by atoms with E-state index < -0.39 is 0 Å². The first-order valence-corrected chi connectivity index (χ1v) is 5.70. The van der Waals surface area contributed by atoms with Gasteiger partial charge in [-0.3, -0.25) is 0 Å². The molecule has 2 nitrogen and oxygen atoms in total. The summed E-state index contributed by atoms with van der Waals surface area (Å²) in [6, 6.07) is 6.27. The van der Waals surface area contributed by atoms with Gasteiger partial charge in [0.1, 0.15) is 5.75 Å². The van der Waals surface area contributed by atoms with E-state index in [0.29, 0.717) is 18.6 Å². The fourth-order valence-electron chi connectivity index (χ4n) is 1.75. The average molecular weight is 205 g/mol. The molecule has 0 heterocycles. The maximum atomic E-state index is 5.77. The van der Waals surface area contributed by atoms with Crippen LogP contribution in [0.3, 0.4) is 0 Å². The van der Waals surface area contributed by atoms with E-state index in [1.165, 1.54) is 24.0 Å². The molecule has 0 atom stereocenters. The van der Waals surface area contributed by atoms with Crippen molar-refractivity contribution in [2.24, 2.45) is 5.73 Å². The molecule has 15 heavy (non-hydrogen) atoms. The minimum atomic E-state index is 0.466. The van der Waals surface area contributed by atoms with Crippen molar-refractivity contribution >= 4 is 0 Å². The molecule has 0 unspecified atom stereocenters. The lowest BCUT2D eigenvalue weighted by Crippen LogP contribution is -2.04. The van der Waals surface area contributed by atoms with Crippen LogP contribution in [0.1, 0.15) is 43.7 Å². The van der Waals surface area contributed by atoms with Gasteiger partial charge in [0.25, 0.3) is 0 Å². The second kappa shape index (κ2) is 4.23. The van der Waals surface area contributed by atoms with Crippen molar-refractivity contribution in [2.75, 3.05) is 0 Å². The molecule has 0 spiro atoms. The molecule has 2 heteroatoms. The maximum absolute atomic E-state index is 5.77. The van der Waals surface area contributed by atoms with Gasteiger partial charge in [0.05, 0.1) is 6.10 Å². The number of benzene rings is 1. The van der Waals surface area contributed by atoms with Crippen molar-refractivity contribution in [2.45, 2.75) is 45.3 Å². The summed E-state index contributed by atoms with van der Waals surface area (Å²) in [4.78, 5) is 0. The van der Waals surface area contributed by atoms with E-state index in [9.17, 15) is 0 Å². The number of hydrogen-bond acceptors (Lipinski definition) is 2. The summed E-state index contributed by atoms with van der Waals surface area (Å²) in [5.41, 5.74) is 8.26. The fraction of sp³-hybridized carbons (Fsp3) is 0.538. The Morgan fingerprint density at radius 1 is 1.40 bits per heavy atom. The number of rotatable bonds is 4. The third kappa shape index (κ3) is 2.51. The van der Waals surface area contributed by atoms with Gasteiger partial charge in [-0.1, -0.05) is 19.9 Å². The SMILES string of the molecule is CC(C)c1cc(OC2CC2)ccc1CN. The molecule has 0 saturated heterocycles. The summed E-state index contributed by atoms with van der Waals surface area (Å²) in [7, 11) is 0. The Balaban J connectivity index is 2.22. The molecule has 1 aliphatic carbocycles. The maximum Gasteiger partial charge on any atom is 0.120 e. The summed E-state index contributed by atoms with van der Waals surface area (Å²) >= 11 is 0. The van der Waals surface area contributed by atoms with Crippen LogP contribution < -0.4 is 10.5 Å². The summed E-state index contributed by atoms with van der Waals surface area (Å²) in [6.07, 6.45) is 2.87. The van der Waals surface area contributed by atoms with Crippen molar-refractivity contribution in [3.63, 3.8) is 0 Å². The molecule has 1 aromatic carbocycles. The van der Waals surface area contributed by atoms with E-state index in [1.54, 1.807) is 0 Å². The third-order valence-electron chi connectivity index (χ3n) is 2.79. The number of nitrogens with two attached hydrogens (primary N) is 1. The van der Waals surface area contributed by atoms with Crippen LogP contribution in [0, 0.1) is 0 Å². The topological polar surface area (TPSA) is 35.2 Å². The van der Waals surface area contributed by atoms with Crippen LogP contribution in [-0.2, 0) is 6.54 Å². The van der Waals surface area contributed by atoms with Crippen molar-refractivity contribution < 1.29 is 4.74 Å². The molecule has 2 N–H and O–H groups in total. The lowest BCUT2D eigenvalue weighted by Gasteiger charge is -2.13. The van der Waals surface area contributed by atoms with Crippen LogP contribution in [0.2, 0.25) is 0 Å². The van der Waals surface area contributed by atoms with Gasteiger partial charge in [-0.2, -0.15) is 0 Å². The largest absolute Gasteiger partial charge is 0.490 e. The van der Waals surface area contributed by atoms with Gasteiger partial charge in [0.2, 0.25) is 0 Å². The van der Waals surface area contributed by atoms with E-state index in [4.69, 9.17) is 10.5 Å². The summed E-state index contributed by atoms with van der Waals surface area (Å²) < 4.78 is 5.77. The van der Waals surface area contributed by atoms with Crippen LogP contribution in [0.5, 0.6) is 5.75 Å². The smallest absolute Gasteiger partial charge is 0.120 e. The predicted molar refractivity (Wildman–Crippen MR) is 62.1 cm³/mol. The highest BCUT2D eigenvalue weighted by Gasteiger charge is 2.23. The normalized spacial score (nSPS) is 15.7. The van der Waals surface area contributed by atoms with Crippen molar-refractivity contribution in [1.29, 1.82) is 0 Å². The molecule has 0 aromatic heterocycles. The van der Waals surface area contributed by atoms with Crippen LogP contribution in [0.25, 0.3) is 0 Å². The van der Waals surface area contributed by atoms with E-state index >= 15 is 0 Å². The van der Waals surface area contributed by atoms with Crippen molar-refractivity contribution in [1.82, 2.24) is 0 Å². The van der Waals surface area contributed by atoms with Crippen LogP contribution in [0.4, 0.5) is 0 Å². The third-order valence-corrected chi connectivity index (χ3v) is 2.79. The summed E-state index contributed by atoms with van der Waals surface area (Å²) in [6.45, 7) is 4.99. The Bertz CT molecular complexity index is 342. The Hall–Kier alpha value is -1.02. The first kappa shape index (κ1) is 10.5. The molecular formula is C13H19NO. The Morgan fingerprint density at radius 3 is 2.67 bits per heavy atom. The minimum absolute atomic E-state index is 0.466. The zero-order chi connectivity index (χ0) is 10.8. The van der Waals surface area contributed by atoms with Gasteiger partial charge >= 0.3 is 0 Å². The molecule has 1 aromatic rings. The molecule has 1 aliphatic rings. The second-order valence-corrected chi connectivity index (χ2v) is 4.54. The lowest BCUT2D eigenvalue weighted by atomic mass is 9.97. The Labute approximate surface area is 91.4 Å². The van der Waals surface area contributed by atoms with Gasteiger partial charge < -0.3 is 10.5 Å². The molecule has 0 aliphatic heterocycles. The van der Waals surface area contributed by atoms with Crippen LogP contribution >= 0.6 is 0 Å². The first-order chi connectivity index (χ1) is 7.20. The molecule has 0 radical (unpaired) electrons. The molecule has 0 amide bonds. The predicted octanol–water partition coefficient (Wildman–Crippen LogP) is 2.81.